The molecule has 0 N–H and O–H groups in total. The van der Waals surface area contributed by atoms with E-state index >= 15 is 0 Å². The van der Waals surface area contributed by atoms with E-state index in [9.17, 15) is 0 Å². The molecule has 0 saturated carbocycles. The monoisotopic (exact) mass is 172 g/mol. The number of rotatable bonds is 2. The van der Waals surface area contributed by atoms with Crippen LogP contribution in [0.25, 0.3) is 0 Å². The third kappa shape index (κ3) is 4.45. The van der Waals surface area contributed by atoms with Crippen LogP contribution in [0.5, 0.6) is 0 Å². The van der Waals surface area contributed by atoms with Gasteiger partial charge in [-0.15, -0.1) is 0 Å². The van der Waals surface area contributed by atoms with E-state index < -0.39 is 0 Å². The minimum Gasteiger partial charge on any atom is -0.662 e. The van der Waals surface area contributed by atoms with Crippen LogP contribution in [0.1, 0.15) is 6.92 Å². The van der Waals surface area contributed by atoms with Gasteiger partial charge < -0.3 is 10.1 Å². The Labute approximate surface area is 70.7 Å². The average Bonchev–Trinajstić information content (AvgIpc) is 2.52. The highest BCUT2D eigenvalue weighted by Crippen LogP contribution is 1.79. The maximum absolute atomic E-state index is 8.64. The van der Waals surface area contributed by atoms with E-state index in [0.717, 1.165) is 6.54 Å². The molecule has 1 aromatic rings. The van der Waals surface area contributed by atoms with Crippen molar-refractivity contribution in [3.05, 3.63) is 18.7 Å². The van der Waals surface area contributed by atoms with Crippen LogP contribution in [0.15, 0.2) is 18.7 Å². The molecule has 0 aliphatic rings. The van der Waals surface area contributed by atoms with Crippen LogP contribution in [0.4, 0.5) is 0 Å². The van der Waals surface area contributed by atoms with Crippen molar-refractivity contribution in [1.82, 2.24) is 4.57 Å². The lowest BCUT2D eigenvalue weighted by atomic mass is 10.7. The minimum absolute atomic E-state index is 0.181. The second kappa shape index (κ2) is 6.36. The first-order valence-electron chi connectivity index (χ1n) is 3.47. The fraction of sp³-hybridized carbons (Fsp3) is 0.429. The average molecular weight is 172 g/mol. The summed E-state index contributed by atoms with van der Waals surface area (Å²) < 4.78 is 4.16. The molecule has 12 heavy (non-hydrogen) atoms. The van der Waals surface area contributed by atoms with Crippen LogP contribution in [0.3, 0.4) is 0 Å². The van der Waals surface area contributed by atoms with Crippen LogP contribution >= 0.6 is 0 Å². The summed E-state index contributed by atoms with van der Waals surface area (Å²) >= 11 is 0. The lowest BCUT2D eigenvalue weighted by molar-refractivity contribution is -0.671. The third-order valence-corrected chi connectivity index (χ3v) is 1.23. The quantitative estimate of drug-likeness (QED) is 0.243. The molecule has 0 aromatic carbocycles. The number of nitrogens with zero attached hydrogens (tertiary/aromatic N) is 2. The first kappa shape index (κ1) is 10.6. The highest BCUT2D eigenvalue weighted by molar-refractivity contribution is 5.35. The lowest BCUT2D eigenvalue weighted by Crippen LogP contribution is -2.23. The molecule has 68 valence electrons. The molecule has 0 aliphatic carbocycles. The molecule has 1 rings (SSSR count). The number of imidazole rings is 1. The predicted molar refractivity (Wildman–Crippen MR) is 38.4 cm³/mol. The van der Waals surface area contributed by atoms with Gasteiger partial charge in [-0.2, -0.15) is 0 Å². The van der Waals surface area contributed by atoms with E-state index in [1.165, 1.54) is 0 Å². The van der Waals surface area contributed by atoms with Crippen molar-refractivity contribution in [2.24, 2.45) is 7.05 Å². The fourth-order valence-electron chi connectivity index (χ4n) is 0.689. The topological polar surface area (TPSA) is 58.2 Å². The van der Waals surface area contributed by atoms with Gasteiger partial charge in [-0.25, -0.2) is 9.13 Å². The largest absolute Gasteiger partial charge is 0.662 e. The van der Waals surface area contributed by atoms with Gasteiger partial charge in [-0.05, 0) is 6.92 Å². The van der Waals surface area contributed by atoms with Crippen molar-refractivity contribution < 1.29 is 19.5 Å². The van der Waals surface area contributed by atoms with Crippen LogP contribution in [-0.4, -0.2) is 11.0 Å². The predicted octanol–water partition coefficient (Wildman–Crippen LogP) is -1.23. The Morgan fingerprint density at radius 1 is 1.75 bits per heavy atom. The maximum atomic E-state index is 8.64. The Bertz CT molecular complexity index is 222. The zero-order valence-corrected chi connectivity index (χ0v) is 7.14. The molecular weight excluding hydrogens is 160 g/mol. The molecule has 5 nitrogen and oxygen atoms in total. The van der Waals surface area contributed by atoms with Crippen LogP contribution < -0.4 is 9.82 Å². The molecule has 0 saturated heterocycles. The van der Waals surface area contributed by atoms with E-state index in [1.807, 2.05) is 17.8 Å². The Morgan fingerprint density at radius 2 is 2.33 bits per heavy atom. The molecule has 0 atom stereocenters. The summed E-state index contributed by atoms with van der Waals surface area (Å²) in [5.74, 6) is 0. The Hall–Kier alpha value is -1.36. The Kier molecular flexibility index (Phi) is 5.64. The van der Waals surface area contributed by atoms with Crippen molar-refractivity contribution in [1.29, 1.82) is 0 Å². The zero-order chi connectivity index (χ0) is 9.40. The second-order valence-corrected chi connectivity index (χ2v) is 2.10. The van der Waals surface area contributed by atoms with Crippen LogP contribution in [-0.2, 0) is 23.3 Å². The van der Waals surface area contributed by atoms with Crippen molar-refractivity contribution in [3.8, 4) is 0 Å². The van der Waals surface area contributed by atoms with Crippen LogP contribution in [0.2, 0.25) is 0 Å². The van der Waals surface area contributed by atoms with Gasteiger partial charge >= 0.3 is 0 Å². The number of aromatic nitrogens is 2. The third-order valence-electron chi connectivity index (χ3n) is 1.23. The van der Waals surface area contributed by atoms with E-state index in [0.29, 0.717) is 0 Å². The van der Waals surface area contributed by atoms with Gasteiger partial charge in [-0.3, -0.25) is 4.79 Å². The summed E-state index contributed by atoms with van der Waals surface area (Å²) in [5.41, 5.74) is 0. The molecular formula is C7H12N2O3. The number of carbonyl (C=O) groups is 1. The van der Waals surface area contributed by atoms with Gasteiger partial charge in [0, 0.05) is 0 Å². The fourth-order valence-corrected chi connectivity index (χ4v) is 0.689. The lowest BCUT2D eigenvalue weighted by Gasteiger charge is -1.88. The van der Waals surface area contributed by atoms with Gasteiger partial charge in [0.1, 0.15) is 12.4 Å². The first-order valence-corrected chi connectivity index (χ1v) is 3.47. The summed E-state index contributed by atoms with van der Waals surface area (Å²) in [4.78, 5) is 11.2. The number of hydrogen-bond acceptors (Lipinski definition) is 3. The molecule has 1 heterocycles. The van der Waals surface area contributed by atoms with E-state index in [1.54, 1.807) is 0 Å². The molecule has 0 aliphatic heterocycles. The van der Waals surface area contributed by atoms with Gasteiger partial charge in [0.05, 0.1) is 13.6 Å². The molecule has 5 heteroatoms. The van der Waals surface area contributed by atoms with Crippen molar-refractivity contribution in [2.75, 3.05) is 0 Å². The highest BCUT2D eigenvalue weighted by atomic mass is 17.1. The summed E-state index contributed by atoms with van der Waals surface area (Å²) in [7, 11) is 2.02. The van der Waals surface area contributed by atoms with Crippen molar-refractivity contribution in [3.63, 3.8) is 0 Å². The van der Waals surface area contributed by atoms with Gasteiger partial charge in [0.2, 0.25) is 6.33 Å². The summed E-state index contributed by atoms with van der Waals surface area (Å²) in [6.45, 7) is 3.00. The summed E-state index contributed by atoms with van der Waals surface area (Å²) in [6.07, 6.45) is 6.14. The standard InChI is InChI=1S/C6H11N2.CH2O3/c1-3-8-5-4-7(2)6-8;2-1-4-3/h4-6H,3H2,1-2H3;1,3H/q+1;/p-1. The number of aryl methyl sites for hydroxylation is 2. The van der Waals surface area contributed by atoms with Gasteiger partial charge in [0.25, 0.3) is 6.47 Å². The highest BCUT2D eigenvalue weighted by Gasteiger charge is 1.92. The molecule has 0 radical (unpaired) electrons. The van der Waals surface area contributed by atoms with Gasteiger partial charge in [-0.1, -0.05) is 0 Å². The molecule has 0 bridgehead atoms. The summed E-state index contributed by atoms with van der Waals surface area (Å²) in [5, 5.41) is 8.43. The molecule has 0 amide bonds. The SMILES string of the molecule is CCn1cc[n+](C)c1.O=CO[O-]. The number of hydrogen-bond donors (Lipinski definition) is 0. The number of carbonyl (C=O) groups excluding carboxylic acids is 1. The molecule has 0 spiro atoms. The van der Waals surface area contributed by atoms with E-state index in [2.05, 4.69) is 28.9 Å². The Morgan fingerprint density at radius 3 is 2.50 bits per heavy atom. The molecule has 0 unspecified atom stereocenters. The molecule has 1 aromatic heterocycles. The van der Waals surface area contributed by atoms with Gasteiger partial charge in [0.15, 0.2) is 0 Å². The summed E-state index contributed by atoms with van der Waals surface area (Å²) in [6, 6.07) is 0. The minimum atomic E-state index is -0.181. The second-order valence-electron chi connectivity index (χ2n) is 2.10. The zero-order valence-electron chi connectivity index (χ0n) is 7.14. The Balaban J connectivity index is 0.000000261. The van der Waals surface area contributed by atoms with E-state index in [-0.39, 0.29) is 6.47 Å². The van der Waals surface area contributed by atoms with E-state index in [4.69, 9.17) is 10.1 Å². The smallest absolute Gasteiger partial charge is 0.287 e. The first-order chi connectivity index (χ1) is 5.74. The maximum Gasteiger partial charge on any atom is 0.287 e. The normalized spacial score (nSPS) is 8.25. The molecule has 0 fully saturated rings. The van der Waals surface area contributed by atoms with Crippen LogP contribution in [0, 0.1) is 0 Å². The van der Waals surface area contributed by atoms with Crippen molar-refractivity contribution in [2.45, 2.75) is 13.5 Å². The van der Waals surface area contributed by atoms with Crippen molar-refractivity contribution >= 4 is 6.47 Å².